The Bertz CT molecular complexity index is 668. The molecule has 0 fully saturated rings. The maximum Gasteiger partial charge on any atom is 0.339 e. The van der Waals surface area contributed by atoms with Gasteiger partial charge in [-0.15, -0.1) is 0 Å². The lowest BCUT2D eigenvalue weighted by atomic mass is 10.1. The van der Waals surface area contributed by atoms with Gasteiger partial charge in [0.2, 0.25) is 0 Å². The third-order valence-electron chi connectivity index (χ3n) is 3.90. The standard InChI is InChI=1S/C17H18N2O2/c1-2-19(13-8-4-3-5-9-13)16-14(17(20)21)11-12-7-6-10-15(12)18-16/h3-5,8-9,11H,2,6-7,10H2,1H3,(H,20,21). The Labute approximate surface area is 124 Å². The Morgan fingerprint density at radius 2 is 2.05 bits per heavy atom. The van der Waals surface area contributed by atoms with Crippen molar-refractivity contribution in [1.82, 2.24) is 4.98 Å². The van der Waals surface area contributed by atoms with Crippen LogP contribution >= 0.6 is 0 Å². The molecule has 1 N–H and O–H groups in total. The first-order valence-corrected chi connectivity index (χ1v) is 7.29. The highest BCUT2D eigenvalue weighted by Gasteiger charge is 2.23. The number of aryl methyl sites for hydroxylation is 2. The van der Waals surface area contributed by atoms with Crippen LogP contribution in [0.15, 0.2) is 36.4 Å². The Hall–Kier alpha value is -2.36. The van der Waals surface area contributed by atoms with Gasteiger partial charge in [-0.25, -0.2) is 9.78 Å². The van der Waals surface area contributed by atoms with Crippen molar-refractivity contribution in [3.05, 3.63) is 53.2 Å². The Morgan fingerprint density at radius 1 is 1.29 bits per heavy atom. The second-order valence-corrected chi connectivity index (χ2v) is 5.20. The molecular weight excluding hydrogens is 264 g/mol. The van der Waals surface area contributed by atoms with Crippen molar-refractivity contribution in [3.63, 3.8) is 0 Å². The molecule has 0 spiro atoms. The maximum absolute atomic E-state index is 11.6. The van der Waals surface area contributed by atoms with E-state index < -0.39 is 5.97 Å². The number of hydrogen-bond acceptors (Lipinski definition) is 3. The second kappa shape index (κ2) is 5.56. The lowest BCUT2D eigenvalue weighted by Gasteiger charge is -2.24. The number of fused-ring (bicyclic) bond motifs is 1. The van der Waals surface area contributed by atoms with Crippen molar-refractivity contribution in [3.8, 4) is 0 Å². The fourth-order valence-electron chi connectivity index (χ4n) is 2.89. The topological polar surface area (TPSA) is 53.4 Å². The number of rotatable bonds is 4. The van der Waals surface area contributed by atoms with Gasteiger partial charge in [-0.3, -0.25) is 0 Å². The first-order valence-electron chi connectivity index (χ1n) is 7.29. The van der Waals surface area contributed by atoms with Crippen LogP contribution in [-0.4, -0.2) is 22.6 Å². The molecule has 1 aliphatic rings. The molecule has 0 radical (unpaired) electrons. The van der Waals surface area contributed by atoms with Crippen molar-refractivity contribution >= 4 is 17.5 Å². The highest BCUT2D eigenvalue weighted by atomic mass is 16.4. The minimum atomic E-state index is -0.915. The van der Waals surface area contributed by atoms with Crippen LogP contribution in [0, 0.1) is 0 Å². The van der Waals surface area contributed by atoms with Crippen molar-refractivity contribution in [2.75, 3.05) is 11.4 Å². The summed E-state index contributed by atoms with van der Waals surface area (Å²) in [5.74, 6) is -0.363. The highest BCUT2D eigenvalue weighted by Crippen LogP contribution is 2.31. The monoisotopic (exact) mass is 282 g/mol. The van der Waals surface area contributed by atoms with E-state index in [0.29, 0.717) is 17.9 Å². The molecular formula is C17H18N2O2. The molecule has 0 atom stereocenters. The van der Waals surface area contributed by atoms with Gasteiger partial charge >= 0.3 is 5.97 Å². The lowest BCUT2D eigenvalue weighted by molar-refractivity contribution is 0.0697. The maximum atomic E-state index is 11.6. The number of hydrogen-bond donors (Lipinski definition) is 1. The third-order valence-corrected chi connectivity index (χ3v) is 3.90. The quantitative estimate of drug-likeness (QED) is 0.933. The molecule has 0 saturated heterocycles. The number of carbonyl (C=O) groups is 1. The summed E-state index contributed by atoms with van der Waals surface area (Å²) in [6.45, 7) is 2.68. The number of carboxylic acid groups (broad SMARTS) is 1. The van der Waals surface area contributed by atoms with Crippen molar-refractivity contribution in [2.45, 2.75) is 26.2 Å². The Balaban J connectivity index is 2.13. The smallest absolute Gasteiger partial charge is 0.339 e. The first kappa shape index (κ1) is 13.6. The lowest BCUT2D eigenvalue weighted by Crippen LogP contribution is -2.21. The number of nitrogens with zero attached hydrogens (tertiary/aromatic N) is 2. The summed E-state index contributed by atoms with van der Waals surface area (Å²) in [4.78, 5) is 18.2. The summed E-state index contributed by atoms with van der Waals surface area (Å²) in [6, 6.07) is 11.6. The van der Waals surface area contributed by atoms with E-state index in [9.17, 15) is 9.90 Å². The zero-order valence-corrected chi connectivity index (χ0v) is 12.0. The average Bonchev–Trinajstić information content (AvgIpc) is 2.95. The minimum absolute atomic E-state index is 0.293. The molecule has 1 aromatic heterocycles. The van der Waals surface area contributed by atoms with Gasteiger partial charge in [0.05, 0.1) is 0 Å². The number of pyridine rings is 1. The van der Waals surface area contributed by atoms with Gasteiger partial charge in [0.15, 0.2) is 0 Å². The van der Waals surface area contributed by atoms with Crippen molar-refractivity contribution in [2.24, 2.45) is 0 Å². The van der Waals surface area contributed by atoms with Gasteiger partial charge in [0, 0.05) is 17.9 Å². The van der Waals surface area contributed by atoms with Crippen LogP contribution in [-0.2, 0) is 12.8 Å². The zero-order valence-electron chi connectivity index (χ0n) is 12.0. The first-order chi connectivity index (χ1) is 10.2. The van der Waals surface area contributed by atoms with Gasteiger partial charge in [-0.2, -0.15) is 0 Å². The normalized spacial score (nSPS) is 13.0. The van der Waals surface area contributed by atoms with E-state index in [4.69, 9.17) is 0 Å². The largest absolute Gasteiger partial charge is 0.478 e. The molecule has 21 heavy (non-hydrogen) atoms. The van der Waals surface area contributed by atoms with Gasteiger partial charge in [0.1, 0.15) is 11.4 Å². The summed E-state index contributed by atoms with van der Waals surface area (Å²) in [7, 11) is 0. The van der Waals surface area contributed by atoms with Crippen LogP contribution < -0.4 is 4.90 Å². The van der Waals surface area contributed by atoms with Crippen molar-refractivity contribution in [1.29, 1.82) is 0 Å². The van der Waals surface area contributed by atoms with Crippen LogP contribution in [0.3, 0.4) is 0 Å². The highest BCUT2D eigenvalue weighted by molar-refractivity contribution is 5.94. The Morgan fingerprint density at radius 3 is 2.71 bits per heavy atom. The number of para-hydroxylation sites is 1. The van der Waals surface area contributed by atoms with Gasteiger partial charge in [-0.05, 0) is 49.9 Å². The summed E-state index contributed by atoms with van der Waals surface area (Å²) >= 11 is 0. The van der Waals surface area contributed by atoms with Crippen LogP contribution in [0.1, 0.15) is 35.0 Å². The predicted molar refractivity (Wildman–Crippen MR) is 82.3 cm³/mol. The molecule has 1 aliphatic carbocycles. The van der Waals surface area contributed by atoms with Crippen LogP contribution in [0.5, 0.6) is 0 Å². The number of aromatic carboxylic acids is 1. The van der Waals surface area contributed by atoms with Gasteiger partial charge < -0.3 is 10.0 Å². The van der Waals surface area contributed by atoms with E-state index in [0.717, 1.165) is 36.2 Å². The molecule has 108 valence electrons. The molecule has 0 unspecified atom stereocenters. The summed E-state index contributed by atoms with van der Waals surface area (Å²) in [5.41, 5.74) is 3.39. The van der Waals surface area contributed by atoms with E-state index in [1.54, 1.807) is 6.07 Å². The molecule has 0 saturated carbocycles. The molecule has 1 aromatic carbocycles. The summed E-state index contributed by atoms with van der Waals surface area (Å²) in [6.07, 6.45) is 2.93. The molecule has 2 aromatic rings. The van der Waals surface area contributed by atoms with E-state index in [-0.39, 0.29) is 0 Å². The van der Waals surface area contributed by atoms with E-state index in [2.05, 4.69) is 4.98 Å². The third kappa shape index (κ3) is 2.49. The summed E-state index contributed by atoms with van der Waals surface area (Å²) in [5, 5.41) is 9.52. The van der Waals surface area contributed by atoms with Gasteiger partial charge in [0.25, 0.3) is 0 Å². The van der Waals surface area contributed by atoms with Crippen LogP contribution in [0.4, 0.5) is 11.5 Å². The zero-order chi connectivity index (χ0) is 14.8. The van der Waals surface area contributed by atoms with E-state index >= 15 is 0 Å². The fourth-order valence-corrected chi connectivity index (χ4v) is 2.89. The van der Waals surface area contributed by atoms with Crippen LogP contribution in [0.2, 0.25) is 0 Å². The molecule has 4 heteroatoms. The van der Waals surface area contributed by atoms with Gasteiger partial charge in [-0.1, -0.05) is 18.2 Å². The number of carboxylic acids is 1. The molecule has 0 amide bonds. The summed E-state index contributed by atoms with van der Waals surface area (Å²) < 4.78 is 0. The second-order valence-electron chi connectivity index (χ2n) is 5.20. The van der Waals surface area contributed by atoms with Crippen LogP contribution in [0.25, 0.3) is 0 Å². The molecule has 0 bridgehead atoms. The number of aromatic nitrogens is 1. The minimum Gasteiger partial charge on any atom is -0.478 e. The van der Waals surface area contributed by atoms with Crippen molar-refractivity contribution < 1.29 is 9.90 Å². The molecule has 4 nitrogen and oxygen atoms in total. The molecule has 3 rings (SSSR count). The average molecular weight is 282 g/mol. The van der Waals surface area contributed by atoms with E-state index in [1.807, 2.05) is 42.2 Å². The Kier molecular flexibility index (Phi) is 3.60. The fraction of sp³-hybridized carbons (Fsp3) is 0.294. The molecule has 1 heterocycles. The molecule has 0 aliphatic heterocycles. The predicted octanol–water partition coefficient (Wildman–Crippen LogP) is 3.43. The number of benzene rings is 1. The number of anilines is 2. The SMILES string of the molecule is CCN(c1ccccc1)c1nc2c(cc1C(=O)O)CCC2. The van der Waals surface area contributed by atoms with E-state index in [1.165, 1.54) is 0 Å².